The summed E-state index contributed by atoms with van der Waals surface area (Å²) in [5, 5.41) is 6.87. The zero-order chi connectivity index (χ0) is 20.8. The number of rotatable bonds is 8. The van der Waals surface area contributed by atoms with Crippen molar-refractivity contribution < 1.29 is 4.79 Å². The van der Waals surface area contributed by atoms with E-state index in [9.17, 15) is 4.79 Å². The number of urea groups is 1. The minimum atomic E-state index is -0.121. The Morgan fingerprint density at radius 3 is 2.60 bits per heavy atom. The fourth-order valence-corrected chi connectivity index (χ4v) is 3.61. The molecule has 4 N–H and O–H groups in total. The number of unbranched alkanes of at least 4 members (excludes halogenated alkanes) is 1. The Balaban J connectivity index is 1.24. The van der Waals surface area contributed by atoms with Crippen LogP contribution in [-0.4, -0.2) is 33.7 Å². The number of anilines is 1. The Morgan fingerprint density at radius 2 is 1.73 bits per heavy atom. The second-order valence-corrected chi connectivity index (χ2v) is 7.27. The van der Waals surface area contributed by atoms with E-state index in [4.69, 9.17) is 5.73 Å². The molecule has 0 spiro atoms. The first-order valence-electron chi connectivity index (χ1n) is 10.3. The van der Waals surface area contributed by atoms with Crippen molar-refractivity contribution in [3.05, 3.63) is 66.5 Å². The van der Waals surface area contributed by atoms with Crippen molar-refractivity contribution >= 4 is 33.8 Å². The van der Waals surface area contributed by atoms with Crippen LogP contribution >= 0.6 is 0 Å². The molecular weight excluding hydrogens is 376 g/mol. The molecule has 4 rings (SSSR count). The average Bonchev–Trinajstić information content (AvgIpc) is 3.19. The summed E-state index contributed by atoms with van der Waals surface area (Å²) in [5.74, 6) is 0.455. The third kappa shape index (κ3) is 4.51. The molecule has 0 aliphatic rings. The summed E-state index contributed by atoms with van der Waals surface area (Å²) in [7, 11) is 0. The highest BCUT2D eigenvalue weighted by Gasteiger charge is 2.11. The normalized spacial score (nSPS) is 11.1. The third-order valence-corrected chi connectivity index (χ3v) is 5.13. The number of pyridine rings is 1. The summed E-state index contributed by atoms with van der Waals surface area (Å²) in [6, 6.07) is 18.0. The molecule has 154 valence electrons. The van der Waals surface area contributed by atoms with E-state index in [1.165, 1.54) is 5.56 Å². The van der Waals surface area contributed by atoms with Crippen LogP contribution in [0.5, 0.6) is 0 Å². The molecule has 0 radical (unpaired) electrons. The van der Waals surface area contributed by atoms with Crippen LogP contribution in [0.3, 0.4) is 0 Å². The minimum absolute atomic E-state index is 0.121. The second kappa shape index (κ2) is 9.26. The average molecular weight is 403 g/mol. The van der Waals surface area contributed by atoms with Crippen LogP contribution in [0, 0.1) is 0 Å². The van der Waals surface area contributed by atoms with E-state index < -0.39 is 0 Å². The number of carbonyl (C=O) groups is 1. The van der Waals surface area contributed by atoms with Gasteiger partial charge in [-0.05, 0) is 30.9 Å². The van der Waals surface area contributed by atoms with E-state index in [0.717, 1.165) is 47.7 Å². The van der Waals surface area contributed by atoms with Gasteiger partial charge in [-0.15, -0.1) is 0 Å². The van der Waals surface area contributed by atoms with Gasteiger partial charge in [0.15, 0.2) is 5.82 Å². The van der Waals surface area contributed by atoms with Crippen LogP contribution in [0.4, 0.5) is 10.6 Å². The molecular formula is C23H26N6O. The molecule has 0 aliphatic heterocycles. The van der Waals surface area contributed by atoms with Crippen molar-refractivity contribution in [2.24, 2.45) is 0 Å². The van der Waals surface area contributed by atoms with Gasteiger partial charge in [0.1, 0.15) is 5.52 Å². The molecule has 7 heteroatoms. The lowest BCUT2D eigenvalue weighted by Crippen LogP contribution is -2.37. The molecule has 2 aromatic carbocycles. The SMILES string of the molecule is Nc1nc2ccccc2c2c1ncn2CCCCNC(=O)NCCc1ccccc1. The van der Waals surface area contributed by atoms with Crippen LogP contribution < -0.4 is 16.4 Å². The number of para-hydroxylation sites is 1. The molecule has 0 saturated carbocycles. The van der Waals surface area contributed by atoms with E-state index in [2.05, 4.69) is 37.3 Å². The molecule has 0 bridgehead atoms. The Morgan fingerprint density at radius 1 is 0.967 bits per heavy atom. The number of carbonyl (C=O) groups excluding carboxylic acids is 1. The van der Waals surface area contributed by atoms with Gasteiger partial charge in [0, 0.05) is 25.0 Å². The van der Waals surface area contributed by atoms with Gasteiger partial charge >= 0.3 is 6.03 Å². The molecule has 30 heavy (non-hydrogen) atoms. The summed E-state index contributed by atoms with van der Waals surface area (Å²) in [5.41, 5.74) is 9.93. The number of hydrogen-bond acceptors (Lipinski definition) is 4. The Hall–Kier alpha value is -3.61. The second-order valence-electron chi connectivity index (χ2n) is 7.27. The Bertz CT molecular complexity index is 1140. The van der Waals surface area contributed by atoms with Crippen LogP contribution in [0.25, 0.3) is 21.9 Å². The van der Waals surface area contributed by atoms with E-state index in [1.54, 1.807) is 0 Å². The predicted molar refractivity (Wildman–Crippen MR) is 120 cm³/mol. The van der Waals surface area contributed by atoms with Crippen LogP contribution in [-0.2, 0) is 13.0 Å². The number of aryl methyl sites for hydroxylation is 1. The summed E-state index contributed by atoms with van der Waals surface area (Å²) in [4.78, 5) is 20.8. The highest BCUT2D eigenvalue weighted by atomic mass is 16.2. The number of nitrogens with one attached hydrogen (secondary N) is 2. The molecule has 0 unspecified atom stereocenters. The molecule has 0 aliphatic carbocycles. The van der Waals surface area contributed by atoms with Gasteiger partial charge in [0.05, 0.1) is 17.4 Å². The van der Waals surface area contributed by atoms with Crippen molar-refractivity contribution in [1.82, 2.24) is 25.2 Å². The quantitative estimate of drug-likeness (QED) is 0.393. The first kappa shape index (κ1) is 19.7. The number of fused-ring (bicyclic) bond motifs is 3. The maximum atomic E-state index is 11.9. The fourth-order valence-electron chi connectivity index (χ4n) is 3.61. The van der Waals surface area contributed by atoms with Gasteiger partial charge in [0.25, 0.3) is 0 Å². The van der Waals surface area contributed by atoms with Gasteiger partial charge in [-0.2, -0.15) is 0 Å². The van der Waals surface area contributed by atoms with E-state index in [-0.39, 0.29) is 6.03 Å². The molecule has 4 aromatic rings. The molecule has 0 saturated heterocycles. The predicted octanol–water partition coefficient (Wildman–Crippen LogP) is 3.49. The van der Waals surface area contributed by atoms with Gasteiger partial charge < -0.3 is 20.9 Å². The number of imidazole rings is 1. The van der Waals surface area contributed by atoms with Crippen molar-refractivity contribution in [2.45, 2.75) is 25.8 Å². The van der Waals surface area contributed by atoms with Gasteiger partial charge in [-0.3, -0.25) is 0 Å². The summed E-state index contributed by atoms with van der Waals surface area (Å²) in [6.07, 6.45) is 4.45. The number of nitrogen functional groups attached to an aromatic ring is 1. The standard InChI is InChI=1S/C23H26N6O/c24-22-20-21(18-10-4-5-11-19(18)28-22)29(16-27-20)15-7-6-13-25-23(30)26-14-12-17-8-2-1-3-9-17/h1-5,8-11,16H,6-7,12-15H2,(H2,24,28)(H2,25,26,30). The number of amides is 2. The lowest BCUT2D eigenvalue weighted by molar-refractivity contribution is 0.241. The Labute approximate surface area is 175 Å². The summed E-state index contributed by atoms with van der Waals surface area (Å²) < 4.78 is 2.12. The highest BCUT2D eigenvalue weighted by Crippen LogP contribution is 2.27. The first-order chi connectivity index (χ1) is 14.7. The number of hydrogen-bond donors (Lipinski definition) is 3. The minimum Gasteiger partial charge on any atom is -0.382 e. The fraction of sp³-hybridized carbons (Fsp3) is 0.261. The maximum Gasteiger partial charge on any atom is 0.314 e. The van der Waals surface area contributed by atoms with Gasteiger partial charge in [-0.25, -0.2) is 14.8 Å². The van der Waals surface area contributed by atoms with Gasteiger partial charge in [-0.1, -0.05) is 48.5 Å². The van der Waals surface area contributed by atoms with Gasteiger partial charge in [0.2, 0.25) is 0 Å². The van der Waals surface area contributed by atoms with E-state index >= 15 is 0 Å². The summed E-state index contributed by atoms with van der Waals surface area (Å²) in [6.45, 7) is 2.06. The van der Waals surface area contributed by atoms with Crippen LogP contribution in [0.1, 0.15) is 18.4 Å². The zero-order valence-electron chi connectivity index (χ0n) is 16.8. The third-order valence-electron chi connectivity index (χ3n) is 5.13. The number of nitrogens with two attached hydrogens (primary N) is 1. The number of nitrogens with zero attached hydrogens (tertiary/aromatic N) is 3. The maximum absolute atomic E-state index is 11.9. The largest absolute Gasteiger partial charge is 0.382 e. The van der Waals surface area contributed by atoms with Crippen LogP contribution in [0.15, 0.2) is 60.9 Å². The molecule has 2 heterocycles. The van der Waals surface area contributed by atoms with Crippen molar-refractivity contribution in [3.63, 3.8) is 0 Å². The lowest BCUT2D eigenvalue weighted by Gasteiger charge is -2.09. The number of benzene rings is 2. The number of aromatic nitrogens is 3. The molecule has 2 amide bonds. The van der Waals surface area contributed by atoms with E-state index in [1.807, 2.05) is 48.8 Å². The van der Waals surface area contributed by atoms with Crippen LogP contribution in [0.2, 0.25) is 0 Å². The zero-order valence-corrected chi connectivity index (χ0v) is 16.8. The molecule has 0 fully saturated rings. The smallest absolute Gasteiger partial charge is 0.314 e. The van der Waals surface area contributed by atoms with Crippen molar-refractivity contribution in [3.8, 4) is 0 Å². The molecule has 0 atom stereocenters. The van der Waals surface area contributed by atoms with E-state index in [0.29, 0.717) is 18.9 Å². The topological polar surface area (TPSA) is 97.9 Å². The first-order valence-corrected chi connectivity index (χ1v) is 10.3. The van der Waals surface area contributed by atoms with Crippen molar-refractivity contribution in [1.29, 1.82) is 0 Å². The highest BCUT2D eigenvalue weighted by molar-refractivity contribution is 6.06. The Kier molecular flexibility index (Phi) is 6.08. The molecule has 7 nitrogen and oxygen atoms in total. The lowest BCUT2D eigenvalue weighted by atomic mass is 10.1. The monoisotopic (exact) mass is 402 g/mol. The summed E-state index contributed by atoms with van der Waals surface area (Å²) >= 11 is 0. The van der Waals surface area contributed by atoms with Crippen molar-refractivity contribution in [2.75, 3.05) is 18.8 Å². The molecule has 2 aromatic heterocycles.